The van der Waals surface area contributed by atoms with Gasteiger partial charge < -0.3 is 19.7 Å². The van der Waals surface area contributed by atoms with Gasteiger partial charge in [-0.1, -0.05) is 79.4 Å². The summed E-state index contributed by atoms with van der Waals surface area (Å²) in [6, 6.07) is 20.4. The molecule has 1 fully saturated rings. The molecule has 1 atom stereocenters. The lowest BCUT2D eigenvalue weighted by molar-refractivity contribution is -0.140. The number of hydrogen-bond donors (Lipinski definition) is 1. The molecule has 3 aromatic rings. The van der Waals surface area contributed by atoms with Crippen molar-refractivity contribution in [3.63, 3.8) is 0 Å². The van der Waals surface area contributed by atoms with Gasteiger partial charge in [-0.05, 0) is 42.2 Å². The smallest absolute Gasteiger partial charge is 0.244 e. The van der Waals surface area contributed by atoms with Crippen molar-refractivity contribution in [3.8, 4) is 11.5 Å². The Labute approximate surface area is 257 Å². The SMILES string of the molecule is CS(=O)(=O)N(CC(=O)N(Cc1ccccc1Cl)C(Cc1ccccc1)C(=O)NC1CCCCC1)c1ccc2c(c1)OCO2. The maximum atomic E-state index is 14.3. The second-order valence-corrected chi connectivity index (χ2v) is 13.3. The Morgan fingerprint density at radius 1 is 0.953 bits per heavy atom. The van der Waals surface area contributed by atoms with E-state index in [1.165, 1.54) is 11.0 Å². The Morgan fingerprint density at radius 3 is 2.37 bits per heavy atom. The first-order valence-corrected chi connectivity index (χ1v) is 16.7. The highest BCUT2D eigenvalue weighted by molar-refractivity contribution is 7.92. The summed E-state index contributed by atoms with van der Waals surface area (Å²) in [6.45, 7) is -0.475. The molecule has 1 unspecified atom stereocenters. The number of benzene rings is 3. The third kappa shape index (κ3) is 7.80. The zero-order valence-electron chi connectivity index (χ0n) is 24.1. The van der Waals surface area contributed by atoms with E-state index in [-0.39, 0.29) is 37.4 Å². The maximum absolute atomic E-state index is 14.3. The highest BCUT2D eigenvalue weighted by Crippen LogP contribution is 2.36. The fraction of sp³-hybridized carbons (Fsp3) is 0.375. The van der Waals surface area contributed by atoms with Crippen LogP contribution >= 0.6 is 11.6 Å². The van der Waals surface area contributed by atoms with Crippen LogP contribution in [0.1, 0.15) is 43.2 Å². The number of fused-ring (bicyclic) bond motifs is 1. The molecule has 5 rings (SSSR count). The molecule has 3 aromatic carbocycles. The van der Waals surface area contributed by atoms with Crippen molar-refractivity contribution < 1.29 is 27.5 Å². The molecule has 0 aromatic heterocycles. The average Bonchev–Trinajstić information content (AvgIpc) is 3.47. The van der Waals surface area contributed by atoms with Crippen molar-refractivity contribution in [1.29, 1.82) is 0 Å². The summed E-state index contributed by atoms with van der Waals surface area (Å²) < 4.78 is 37.9. The molecule has 228 valence electrons. The van der Waals surface area contributed by atoms with Crippen LogP contribution in [0.3, 0.4) is 0 Å². The first-order valence-electron chi connectivity index (χ1n) is 14.4. The van der Waals surface area contributed by atoms with E-state index in [4.69, 9.17) is 21.1 Å². The fourth-order valence-electron chi connectivity index (χ4n) is 5.56. The Kier molecular flexibility index (Phi) is 9.77. The number of carbonyl (C=O) groups excluding carboxylic acids is 2. The summed E-state index contributed by atoms with van der Waals surface area (Å²) in [5.41, 5.74) is 1.78. The van der Waals surface area contributed by atoms with Gasteiger partial charge in [0.05, 0.1) is 11.9 Å². The minimum atomic E-state index is -3.91. The van der Waals surface area contributed by atoms with E-state index in [2.05, 4.69) is 5.32 Å². The molecule has 2 aliphatic rings. The zero-order valence-corrected chi connectivity index (χ0v) is 25.6. The zero-order chi connectivity index (χ0) is 30.4. The second-order valence-electron chi connectivity index (χ2n) is 11.0. The Morgan fingerprint density at radius 2 is 1.65 bits per heavy atom. The number of ether oxygens (including phenoxy) is 2. The minimum absolute atomic E-state index is 0.0207. The number of halogens is 1. The molecule has 0 radical (unpaired) electrons. The van der Waals surface area contributed by atoms with Gasteiger partial charge in [-0.2, -0.15) is 0 Å². The van der Waals surface area contributed by atoms with Crippen molar-refractivity contribution in [2.75, 3.05) is 23.9 Å². The normalized spacial score (nSPS) is 15.5. The van der Waals surface area contributed by atoms with Gasteiger partial charge in [0, 0.05) is 30.1 Å². The lowest BCUT2D eigenvalue weighted by atomic mass is 9.94. The van der Waals surface area contributed by atoms with Crippen LogP contribution < -0.4 is 19.1 Å². The van der Waals surface area contributed by atoms with Crippen LogP contribution in [0, 0.1) is 0 Å². The molecule has 0 saturated heterocycles. The molecule has 1 saturated carbocycles. The van der Waals surface area contributed by atoms with Crippen LogP contribution in [0.5, 0.6) is 11.5 Å². The van der Waals surface area contributed by atoms with Crippen molar-refractivity contribution >= 4 is 39.1 Å². The van der Waals surface area contributed by atoms with Crippen molar-refractivity contribution in [3.05, 3.63) is 88.9 Å². The van der Waals surface area contributed by atoms with Crippen LogP contribution in [0.4, 0.5) is 5.69 Å². The number of rotatable bonds is 11. The predicted molar refractivity (Wildman–Crippen MR) is 166 cm³/mol. The van der Waals surface area contributed by atoms with E-state index in [9.17, 15) is 18.0 Å². The second kappa shape index (κ2) is 13.7. The number of hydrogen-bond acceptors (Lipinski definition) is 6. The lowest BCUT2D eigenvalue weighted by Gasteiger charge is -2.35. The fourth-order valence-corrected chi connectivity index (χ4v) is 6.60. The number of nitrogens with one attached hydrogen (secondary N) is 1. The number of anilines is 1. The molecule has 1 aliphatic heterocycles. The van der Waals surface area contributed by atoms with Gasteiger partial charge in [0.1, 0.15) is 12.6 Å². The van der Waals surface area contributed by atoms with E-state index in [0.29, 0.717) is 22.1 Å². The minimum Gasteiger partial charge on any atom is -0.454 e. The van der Waals surface area contributed by atoms with E-state index in [0.717, 1.165) is 48.2 Å². The van der Waals surface area contributed by atoms with E-state index in [1.54, 1.807) is 30.3 Å². The number of carbonyl (C=O) groups is 2. The van der Waals surface area contributed by atoms with Gasteiger partial charge in [-0.25, -0.2) is 8.42 Å². The van der Waals surface area contributed by atoms with Crippen LogP contribution in [0.2, 0.25) is 5.02 Å². The monoisotopic (exact) mass is 625 g/mol. The largest absolute Gasteiger partial charge is 0.454 e. The van der Waals surface area contributed by atoms with Gasteiger partial charge in [-0.15, -0.1) is 0 Å². The number of sulfonamides is 1. The summed E-state index contributed by atoms with van der Waals surface area (Å²) in [5.74, 6) is 0.0689. The summed E-state index contributed by atoms with van der Waals surface area (Å²) in [6.07, 6.45) is 6.27. The maximum Gasteiger partial charge on any atom is 0.244 e. The standard InChI is InChI=1S/C32H36ClN3O6S/c1-43(39,40)36(26-16-17-29-30(19-26)42-22-41-29)21-31(37)35(20-24-12-8-9-15-27(24)33)28(18-23-10-4-2-5-11-23)32(38)34-25-13-6-3-7-14-25/h2,4-5,8-12,15-17,19,25,28H,3,6-7,13-14,18,20-22H2,1H3,(H,34,38). The predicted octanol–water partition coefficient (Wildman–Crippen LogP) is 4.92. The summed E-state index contributed by atoms with van der Waals surface area (Å²) >= 11 is 6.53. The molecular weight excluding hydrogens is 590 g/mol. The lowest BCUT2D eigenvalue weighted by Crippen LogP contribution is -2.55. The molecule has 1 aliphatic carbocycles. The van der Waals surface area contributed by atoms with E-state index >= 15 is 0 Å². The summed E-state index contributed by atoms with van der Waals surface area (Å²) in [7, 11) is -3.91. The molecule has 1 heterocycles. The molecule has 2 amide bonds. The molecular formula is C32H36ClN3O6S. The summed E-state index contributed by atoms with van der Waals surface area (Å²) in [4.78, 5) is 29.8. The summed E-state index contributed by atoms with van der Waals surface area (Å²) in [5, 5.41) is 3.64. The quantitative estimate of drug-likeness (QED) is 0.324. The van der Waals surface area contributed by atoms with Gasteiger partial charge in [0.25, 0.3) is 0 Å². The third-order valence-electron chi connectivity index (χ3n) is 7.84. The van der Waals surface area contributed by atoms with E-state index in [1.807, 2.05) is 36.4 Å². The molecule has 0 bridgehead atoms. The molecule has 1 N–H and O–H groups in total. The molecule has 43 heavy (non-hydrogen) atoms. The van der Waals surface area contributed by atoms with Crippen LogP contribution in [0.15, 0.2) is 72.8 Å². The van der Waals surface area contributed by atoms with Gasteiger partial charge >= 0.3 is 0 Å². The van der Waals surface area contributed by atoms with Crippen LogP contribution in [-0.2, 0) is 32.6 Å². The van der Waals surface area contributed by atoms with Crippen molar-refractivity contribution in [2.24, 2.45) is 0 Å². The first-order chi connectivity index (χ1) is 20.7. The average molecular weight is 626 g/mol. The van der Waals surface area contributed by atoms with E-state index < -0.39 is 28.5 Å². The van der Waals surface area contributed by atoms with Crippen LogP contribution in [-0.4, -0.2) is 56.8 Å². The third-order valence-corrected chi connectivity index (χ3v) is 9.35. The molecule has 11 heteroatoms. The Bertz CT molecular complexity index is 1550. The molecule has 0 spiro atoms. The topological polar surface area (TPSA) is 105 Å². The highest BCUT2D eigenvalue weighted by Gasteiger charge is 2.34. The first kappa shape index (κ1) is 30.7. The number of amides is 2. The van der Waals surface area contributed by atoms with Gasteiger partial charge in [0.2, 0.25) is 28.6 Å². The highest BCUT2D eigenvalue weighted by atomic mass is 35.5. The van der Waals surface area contributed by atoms with Gasteiger partial charge in [0.15, 0.2) is 11.5 Å². The Balaban J connectivity index is 1.51. The van der Waals surface area contributed by atoms with Crippen LogP contribution in [0.25, 0.3) is 0 Å². The van der Waals surface area contributed by atoms with Crippen molar-refractivity contribution in [2.45, 2.75) is 57.2 Å². The van der Waals surface area contributed by atoms with Gasteiger partial charge in [-0.3, -0.25) is 13.9 Å². The Hall–Kier alpha value is -3.76. The van der Waals surface area contributed by atoms with Crippen molar-refractivity contribution in [1.82, 2.24) is 10.2 Å². The molecule has 9 nitrogen and oxygen atoms in total. The number of nitrogens with zero attached hydrogens (tertiary/aromatic N) is 2.